The van der Waals surface area contributed by atoms with Crippen molar-refractivity contribution < 1.29 is 9.47 Å². The third kappa shape index (κ3) is 4.22. The zero-order valence-electron chi connectivity index (χ0n) is 11.3. The number of hydrogen-bond acceptors (Lipinski definition) is 3. The topological polar surface area (TPSA) is 44.5 Å². The Labute approximate surface area is 149 Å². The molecule has 0 aliphatic carbocycles. The molecule has 6 heteroatoms. The van der Waals surface area contributed by atoms with Crippen LogP contribution in [0, 0.1) is 0 Å². The fourth-order valence-corrected chi connectivity index (χ4v) is 3.92. The standard InChI is InChI=1S/C15H14Br3NO2/c1-20-14-3-2-9(4-11(14)16)8-21-15-12(17)5-10(7-19)6-13(15)18/h2-6H,7-8,19H2,1H3. The van der Waals surface area contributed by atoms with Gasteiger partial charge in [0.05, 0.1) is 20.5 Å². The van der Waals surface area contributed by atoms with Crippen LogP contribution in [0.15, 0.2) is 43.7 Å². The number of benzene rings is 2. The molecule has 0 heterocycles. The van der Waals surface area contributed by atoms with Crippen molar-refractivity contribution in [2.45, 2.75) is 13.2 Å². The van der Waals surface area contributed by atoms with Crippen LogP contribution < -0.4 is 15.2 Å². The van der Waals surface area contributed by atoms with Crippen molar-refractivity contribution >= 4 is 47.8 Å². The van der Waals surface area contributed by atoms with E-state index in [-0.39, 0.29) is 0 Å². The molecule has 0 saturated heterocycles. The highest BCUT2D eigenvalue weighted by atomic mass is 79.9. The number of hydrogen-bond donors (Lipinski definition) is 1. The van der Waals surface area contributed by atoms with Crippen LogP contribution in [0.1, 0.15) is 11.1 Å². The van der Waals surface area contributed by atoms with Gasteiger partial charge in [-0.1, -0.05) is 6.07 Å². The van der Waals surface area contributed by atoms with Gasteiger partial charge in [-0.2, -0.15) is 0 Å². The molecule has 0 saturated carbocycles. The first-order valence-electron chi connectivity index (χ1n) is 6.18. The molecule has 112 valence electrons. The van der Waals surface area contributed by atoms with Crippen molar-refractivity contribution in [3.63, 3.8) is 0 Å². The van der Waals surface area contributed by atoms with Gasteiger partial charge in [0, 0.05) is 6.54 Å². The third-order valence-corrected chi connectivity index (χ3v) is 4.69. The summed E-state index contributed by atoms with van der Waals surface area (Å²) < 4.78 is 13.8. The van der Waals surface area contributed by atoms with Gasteiger partial charge >= 0.3 is 0 Å². The second kappa shape index (κ2) is 7.63. The lowest BCUT2D eigenvalue weighted by Crippen LogP contribution is -2.00. The fraction of sp³-hybridized carbons (Fsp3) is 0.200. The van der Waals surface area contributed by atoms with Gasteiger partial charge in [0.15, 0.2) is 0 Å². The minimum atomic E-state index is 0.460. The van der Waals surface area contributed by atoms with Crippen LogP contribution in [0.4, 0.5) is 0 Å². The molecule has 0 atom stereocenters. The Hall–Kier alpha value is -0.560. The normalized spacial score (nSPS) is 10.5. The van der Waals surface area contributed by atoms with E-state index >= 15 is 0 Å². The Balaban J connectivity index is 2.15. The molecule has 3 nitrogen and oxygen atoms in total. The summed E-state index contributed by atoms with van der Waals surface area (Å²) in [6, 6.07) is 9.78. The SMILES string of the molecule is COc1ccc(COc2c(Br)cc(CN)cc2Br)cc1Br. The van der Waals surface area contributed by atoms with E-state index in [2.05, 4.69) is 47.8 Å². The Kier molecular flexibility index (Phi) is 6.10. The highest BCUT2D eigenvalue weighted by molar-refractivity contribution is 9.11. The number of halogens is 3. The zero-order valence-corrected chi connectivity index (χ0v) is 16.1. The van der Waals surface area contributed by atoms with Crippen LogP contribution in [0.25, 0.3) is 0 Å². The summed E-state index contributed by atoms with van der Waals surface area (Å²) in [5, 5.41) is 0. The summed E-state index contributed by atoms with van der Waals surface area (Å²) in [4.78, 5) is 0. The minimum absolute atomic E-state index is 0.460. The molecule has 2 N–H and O–H groups in total. The van der Waals surface area contributed by atoms with Crippen molar-refractivity contribution in [1.29, 1.82) is 0 Å². The number of rotatable bonds is 5. The van der Waals surface area contributed by atoms with Gasteiger partial charge in [0.2, 0.25) is 0 Å². The highest BCUT2D eigenvalue weighted by Gasteiger charge is 2.09. The second-order valence-corrected chi connectivity index (χ2v) is 6.91. The van der Waals surface area contributed by atoms with Gasteiger partial charge in [0.25, 0.3) is 0 Å². The summed E-state index contributed by atoms with van der Waals surface area (Å²) in [5.41, 5.74) is 7.73. The monoisotopic (exact) mass is 477 g/mol. The lowest BCUT2D eigenvalue weighted by molar-refractivity contribution is 0.302. The summed E-state index contributed by atoms with van der Waals surface area (Å²) in [7, 11) is 1.64. The lowest BCUT2D eigenvalue weighted by atomic mass is 10.2. The van der Waals surface area contributed by atoms with E-state index in [9.17, 15) is 0 Å². The molecular weight excluding hydrogens is 466 g/mol. The van der Waals surface area contributed by atoms with Crippen LogP contribution in [0.2, 0.25) is 0 Å². The lowest BCUT2D eigenvalue weighted by Gasteiger charge is -2.12. The molecular formula is C15H14Br3NO2. The van der Waals surface area contributed by atoms with Crippen molar-refractivity contribution in [2.24, 2.45) is 5.73 Å². The van der Waals surface area contributed by atoms with Crippen LogP contribution in [0.5, 0.6) is 11.5 Å². The smallest absolute Gasteiger partial charge is 0.148 e. The Morgan fingerprint density at radius 1 is 0.952 bits per heavy atom. The first-order valence-corrected chi connectivity index (χ1v) is 8.56. The maximum absolute atomic E-state index is 5.89. The van der Waals surface area contributed by atoms with E-state index in [0.29, 0.717) is 13.2 Å². The fourth-order valence-electron chi connectivity index (χ4n) is 1.82. The van der Waals surface area contributed by atoms with E-state index in [1.54, 1.807) is 7.11 Å². The molecule has 0 unspecified atom stereocenters. The van der Waals surface area contributed by atoms with Gasteiger partial charge in [-0.25, -0.2) is 0 Å². The minimum Gasteiger partial charge on any atom is -0.496 e. The van der Waals surface area contributed by atoms with Gasteiger partial charge in [-0.05, 0) is 83.2 Å². The van der Waals surface area contributed by atoms with E-state index in [1.807, 2.05) is 30.3 Å². The summed E-state index contributed by atoms with van der Waals surface area (Å²) in [6.45, 7) is 0.949. The zero-order chi connectivity index (χ0) is 15.4. The maximum Gasteiger partial charge on any atom is 0.148 e. The molecule has 0 spiro atoms. The van der Waals surface area contributed by atoms with Crippen molar-refractivity contribution in [3.05, 3.63) is 54.9 Å². The second-order valence-electron chi connectivity index (χ2n) is 4.35. The van der Waals surface area contributed by atoms with Gasteiger partial charge in [-0.15, -0.1) is 0 Å². The molecule has 0 radical (unpaired) electrons. The first-order chi connectivity index (χ1) is 10.0. The molecule has 2 rings (SSSR count). The summed E-state index contributed by atoms with van der Waals surface area (Å²) in [6.07, 6.45) is 0. The predicted octanol–water partition coefficient (Wildman–Crippen LogP) is 5.02. The first kappa shape index (κ1) is 16.8. The van der Waals surface area contributed by atoms with E-state index in [4.69, 9.17) is 15.2 Å². The van der Waals surface area contributed by atoms with Crippen molar-refractivity contribution in [3.8, 4) is 11.5 Å². The van der Waals surface area contributed by atoms with Gasteiger partial charge in [0.1, 0.15) is 18.1 Å². The quantitative estimate of drug-likeness (QED) is 0.655. The van der Waals surface area contributed by atoms with Crippen LogP contribution in [-0.4, -0.2) is 7.11 Å². The van der Waals surface area contributed by atoms with Gasteiger partial charge < -0.3 is 15.2 Å². The molecule has 2 aromatic rings. The highest BCUT2D eigenvalue weighted by Crippen LogP contribution is 2.35. The third-order valence-electron chi connectivity index (χ3n) is 2.89. The summed E-state index contributed by atoms with van der Waals surface area (Å²) >= 11 is 10.5. The molecule has 0 fully saturated rings. The molecule has 0 amide bonds. The number of nitrogens with two attached hydrogens (primary N) is 1. The van der Waals surface area contributed by atoms with E-state index in [1.165, 1.54) is 0 Å². The molecule has 2 aromatic carbocycles. The molecule has 0 aromatic heterocycles. The molecule has 21 heavy (non-hydrogen) atoms. The van der Waals surface area contributed by atoms with E-state index < -0.39 is 0 Å². The average Bonchev–Trinajstić information content (AvgIpc) is 2.46. The largest absolute Gasteiger partial charge is 0.496 e. The number of ether oxygens (including phenoxy) is 2. The van der Waals surface area contributed by atoms with Crippen LogP contribution >= 0.6 is 47.8 Å². The Morgan fingerprint density at radius 2 is 1.57 bits per heavy atom. The van der Waals surface area contributed by atoms with Gasteiger partial charge in [-0.3, -0.25) is 0 Å². The Bertz CT molecular complexity index is 624. The molecule has 0 bridgehead atoms. The molecule has 0 aliphatic heterocycles. The molecule has 0 aliphatic rings. The van der Waals surface area contributed by atoms with E-state index in [0.717, 1.165) is 36.0 Å². The predicted molar refractivity (Wildman–Crippen MR) is 94.8 cm³/mol. The summed E-state index contributed by atoms with van der Waals surface area (Å²) in [5.74, 6) is 1.56. The van der Waals surface area contributed by atoms with Crippen LogP contribution in [0.3, 0.4) is 0 Å². The maximum atomic E-state index is 5.89. The van der Waals surface area contributed by atoms with Crippen molar-refractivity contribution in [2.75, 3.05) is 7.11 Å². The van der Waals surface area contributed by atoms with Crippen molar-refractivity contribution in [1.82, 2.24) is 0 Å². The average molecular weight is 480 g/mol. The number of methoxy groups -OCH3 is 1. The Morgan fingerprint density at radius 3 is 2.10 bits per heavy atom. The van der Waals surface area contributed by atoms with Crippen LogP contribution in [-0.2, 0) is 13.2 Å².